The zero-order valence-electron chi connectivity index (χ0n) is 9.49. The Balaban J connectivity index is 2.28. The predicted molar refractivity (Wildman–Crippen MR) is 63.9 cm³/mol. The van der Waals surface area contributed by atoms with Crippen LogP contribution in [0.2, 0.25) is 0 Å². The number of carbonyl (C=O) groups excluding carboxylic acids is 1. The van der Waals surface area contributed by atoms with Gasteiger partial charge in [0.05, 0.1) is 18.8 Å². The minimum Gasteiger partial charge on any atom is -0.349 e. The summed E-state index contributed by atoms with van der Waals surface area (Å²) in [5, 5.41) is 5.72. The molecule has 0 saturated carbocycles. The van der Waals surface area contributed by atoms with Crippen LogP contribution in [0.15, 0.2) is 30.9 Å². The van der Waals surface area contributed by atoms with E-state index < -0.39 is 0 Å². The van der Waals surface area contributed by atoms with E-state index >= 15 is 0 Å². The second kappa shape index (κ2) is 6.74. The molecule has 0 radical (unpaired) electrons. The lowest BCUT2D eigenvalue weighted by Crippen LogP contribution is -2.33. The number of aromatic nitrogens is 1. The van der Waals surface area contributed by atoms with Crippen molar-refractivity contribution in [1.29, 1.82) is 0 Å². The van der Waals surface area contributed by atoms with Gasteiger partial charge in [0, 0.05) is 12.2 Å². The molecule has 4 heteroatoms. The molecule has 0 aliphatic carbocycles. The first-order valence-electron chi connectivity index (χ1n) is 5.23. The molecule has 0 unspecified atom stereocenters. The van der Waals surface area contributed by atoms with Crippen molar-refractivity contribution in [3.05, 3.63) is 42.2 Å². The Morgan fingerprint density at radius 2 is 2.38 bits per heavy atom. The van der Waals surface area contributed by atoms with E-state index in [-0.39, 0.29) is 5.91 Å². The number of carbonyl (C=O) groups is 1. The molecule has 4 nitrogen and oxygen atoms in total. The van der Waals surface area contributed by atoms with E-state index in [0.29, 0.717) is 19.6 Å². The average Bonchev–Trinajstić information content (AvgIpc) is 2.27. The first kappa shape index (κ1) is 12.4. The highest BCUT2D eigenvalue weighted by molar-refractivity contribution is 5.77. The molecule has 0 atom stereocenters. The Hall–Kier alpha value is -1.68. The number of nitrogens with zero attached hydrogens (tertiary/aromatic N) is 1. The summed E-state index contributed by atoms with van der Waals surface area (Å²) in [6.07, 6.45) is 1.72. The summed E-state index contributed by atoms with van der Waals surface area (Å²) in [5.74, 6) is -0.0369. The summed E-state index contributed by atoms with van der Waals surface area (Å²) < 4.78 is 0. The van der Waals surface area contributed by atoms with Crippen LogP contribution in [0.5, 0.6) is 0 Å². The third kappa shape index (κ3) is 4.70. The number of rotatable bonds is 6. The predicted octanol–water partition coefficient (Wildman–Crippen LogP) is 0.782. The van der Waals surface area contributed by atoms with E-state index in [1.54, 1.807) is 6.08 Å². The fourth-order valence-corrected chi connectivity index (χ4v) is 1.24. The van der Waals surface area contributed by atoms with E-state index in [1.165, 1.54) is 0 Å². The average molecular weight is 219 g/mol. The van der Waals surface area contributed by atoms with E-state index in [1.807, 2.05) is 25.1 Å². The third-order valence-corrected chi connectivity index (χ3v) is 1.99. The molecule has 0 bridgehead atoms. The van der Waals surface area contributed by atoms with Gasteiger partial charge in [-0.1, -0.05) is 12.1 Å². The molecule has 86 valence electrons. The SMILES string of the molecule is C=CCNCC(=O)NCc1cccc(C)n1. The van der Waals surface area contributed by atoms with Gasteiger partial charge in [0.1, 0.15) is 0 Å². The number of pyridine rings is 1. The molecule has 1 amide bonds. The fraction of sp³-hybridized carbons (Fsp3) is 0.333. The summed E-state index contributed by atoms with van der Waals surface area (Å²) in [5.41, 5.74) is 1.83. The minimum atomic E-state index is -0.0369. The maximum atomic E-state index is 11.3. The monoisotopic (exact) mass is 219 g/mol. The van der Waals surface area contributed by atoms with Crippen LogP contribution in [0, 0.1) is 6.92 Å². The topological polar surface area (TPSA) is 54.0 Å². The maximum Gasteiger partial charge on any atom is 0.234 e. The van der Waals surface area contributed by atoms with Crippen LogP contribution < -0.4 is 10.6 Å². The standard InChI is InChI=1S/C12H17N3O/c1-3-7-13-9-12(16)14-8-11-6-4-5-10(2)15-11/h3-6,13H,1,7-9H2,2H3,(H,14,16). The second-order valence-electron chi connectivity index (χ2n) is 3.47. The van der Waals surface area contributed by atoms with Crippen molar-refractivity contribution in [2.45, 2.75) is 13.5 Å². The van der Waals surface area contributed by atoms with Crippen molar-refractivity contribution in [3.8, 4) is 0 Å². The van der Waals surface area contributed by atoms with Crippen molar-refractivity contribution in [1.82, 2.24) is 15.6 Å². The maximum absolute atomic E-state index is 11.3. The van der Waals surface area contributed by atoms with E-state index in [4.69, 9.17) is 0 Å². The first-order chi connectivity index (χ1) is 7.72. The minimum absolute atomic E-state index is 0.0369. The number of hydrogen-bond acceptors (Lipinski definition) is 3. The van der Waals surface area contributed by atoms with Crippen LogP contribution in [-0.2, 0) is 11.3 Å². The van der Waals surface area contributed by atoms with Gasteiger partial charge in [-0.05, 0) is 19.1 Å². The van der Waals surface area contributed by atoms with E-state index in [2.05, 4.69) is 22.2 Å². The Morgan fingerprint density at radius 3 is 3.06 bits per heavy atom. The lowest BCUT2D eigenvalue weighted by molar-refractivity contribution is -0.120. The first-order valence-corrected chi connectivity index (χ1v) is 5.23. The van der Waals surface area contributed by atoms with Crippen molar-refractivity contribution >= 4 is 5.91 Å². The molecule has 1 aromatic rings. The van der Waals surface area contributed by atoms with Crippen LogP contribution >= 0.6 is 0 Å². The van der Waals surface area contributed by atoms with Crippen molar-refractivity contribution < 1.29 is 4.79 Å². The van der Waals surface area contributed by atoms with Gasteiger partial charge in [-0.2, -0.15) is 0 Å². The van der Waals surface area contributed by atoms with Gasteiger partial charge in [0.2, 0.25) is 5.91 Å². The number of aryl methyl sites for hydroxylation is 1. The van der Waals surface area contributed by atoms with Crippen molar-refractivity contribution in [3.63, 3.8) is 0 Å². The highest BCUT2D eigenvalue weighted by Gasteiger charge is 2.00. The largest absolute Gasteiger partial charge is 0.349 e. The molecule has 0 aliphatic heterocycles. The second-order valence-corrected chi connectivity index (χ2v) is 3.47. The molecular formula is C12H17N3O. The summed E-state index contributed by atoms with van der Waals surface area (Å²) >= 11 is 0. The zero-order chi connectivity index (χ0) is 11.8. The number of nitrogens with one attached hydrogen (secondary N) is 2. The summed E-state index contributed by atoms with van der Waals surface area (Å²) in [4.78, 5) is 15.6. The fourth-order valence-electron chi connectivity index (χ4n) is 1.24. The van der Waals surface area contributed by atoms with Gasteiger partial charge < -0.3 is 10.6 Å². The Morgan fingerprint density at radius 1 is 1.56 bits per heavy atom. The van der Waals surface area contributed by atoms with Gasteiger partial charge in [-0.25, -0.2) is 0 Å². The Labute approximate surface area is 95.8 Å². The number of hydrogen-bond donors (Lipinski definition) is 2. The Kier molecular flexibility index (Phi) is 5.22. The van der Waals surface area contributed by atoms with Crippen molar-refractivity contribution in [2.75, 3.05) is 13.1 Å². The Bertz CT molecular complexity index is 363. The molecule has 0 saturated heterocycles. The summed E-state index contributed by atoms with van der Waals surface area (Å²) in [6, 6.07) is 5.75. The van der Waals surface area contributed by atoms with Gasteiger partial charge in [0.25, 0.3) is 0 Å². The van der Waals surface area contributed by atoms with Gasteiger partial charge in [-0.15, -0.1) is 6.58 Å². The lowest BCUT2D eigenvalue weighted by atomic mass is 10.3. The van der Waals surface area contributed by atoms with E-state index in [0.717, 1.165) is 11.4 Å². The van der Waals surface area contributed by atoms with Gasteiger partial charge in [0.15, 0.2) is 0 Å². The summed E-state index contributed by atoms with van der Waals surface area (Å²) in [7, 11) is 0. The molecule has 0 aliphatic rings. The quantitative estimate of drug-likeness (QED) is 0.549. The molecule has 2 N–H and O–H groups in total. The van der Waals surface area contributed by atoms with Crippen LogP contribution in [0.3, 0.4) is 0 Å². The van der Waals surface area contributed by atoms with Crippen LogP contribution in [0.4, 0.5) is 0 Å². The van der Waals surface area contributed by atoms with Crippen LogP contribution in [-0.4, -0.2) is 24.0 Å². The molecule has 0 aromatic carbocycles. The molecular weight excluding hydrogens is 202 g/mol. The highest BCUT2D eigenvalue weighted by atomic mass is 16.1. The lowest BCUT2D eigenvalue weighted by Gasteiger charge is -2.05. The molecule has 1 rings (SSSR count). The zero-order valence-corrected chi connectivity index (χ0v) is 9.49. The molecule has 0 spiro atoms. The number of amides is 1. The van der Waals surface area contributed by atoms with Gasteiger partial charge >= 0.3 is 0 Å². The van der Waals surface area contributed by atoms with Crippen LogP contribution in [0.25, 0.3) is 0 Å². The van der Waals surface area contributed by atoms with Crippen molar-refractivity contribution in [2.24, 2.45) is 0 Å². The van der Waals surface area contributed by atoms with Crippen LogP contribution in [0.1, 0.15) is 11.4 Å². The third-order valence-electron chi connectivity index (χ3n) is 1.99. The van der Waals surface area contributed by atoms with E-state index in [9.17, 15) is 4.79 Å². The van der Waals surface area contributed by atoms with Gasteiger partial charge in [-0.3, -0.25) is 9.78 Å². The normalized spacial score (nSPS) is 9.81. The smallest absolute Gasteiger partial charge is 0.234 e. The molecule has 1 aromatic heterocycles. The highest BCUT2D eigenvalue weighted by Crippen LogP contribution is 1.96. The molecule has 1 heterocycles. The molecule has 16 heavy (non-hydrogen) atoms. The molecule has 0 fully saturated rings. The summed E-state index contributed by atoms with van der Waals surface area (Å²) in [6.45, 7) is 6.89.